The highest BCUT2D eigenvalue weighted by Crippen LogP contribution is 2.41. The summed E-state index contributed by atoms with van der Waals surface area (Å²) >= 11 is 2.33. The summed E-state index contributed by atoms with van der Waals surface area (Å²) in [6.45, 7) is 2.15. The molecule has 0 aromatic heterocycles. The van der Waals surface area contributed by atoms with E-state index in [-0.39, 0.29) is 33.9 Å². The topological polar surface area (TPSA) is 87.0 Å². The van der Waals surface area contributed by atoms with Gasteiger partial charge in [-0.05, 0) is 56.8 Å². The van der Waals surface area contributed by atoms with Crippen molar-refractivity contribution in [2.24, 2.45) is 11.8 Å². The molecule has 1 saturated heterocycles. The Morgan fingerprint density at radius 1 is 1.19 bits per heavy atom. The van der Waals surface area contributed by atoms with Crippen molar-refractivity contribution in [1.29, 1.82) is 0 Å². The molecule has 26 heavy (non-hydrogen) atoms. The smallest absolute Gasteiger partial charge is 0.306 e. The van der Waals surface area contributed by atoms with Gasteiger partial charge < -0.3 is 20.1 Å². The lowest BCUT2D eigenvalue weighted by molar-refractivity contribution is -0.153. The Kier molecular flexibility index (Phi) is 9.61. The van der Waals surface area contributed by atoms with Crippen LogP contribution in [-0.4, -0.2) is 49.6 Å². The molecule has 5 nitrogen and oxygen atoms in total. The molecule has 0 radical (unpaired) electrons. The first-order chi connectivity index (χ1) is 12.4. The van der Waals surface area contributed by atoms with Crippen molar-refractivity contribution in [3.63, 3.8) is 0 Å². The zero-order valence-corrected chi connectivity index (χ0v) is 18.0. The van der Waals surface area contributed by atoms with Crippen LogP contribution in [0.25, 0.3) is 0 Å². The maximum absolute atomic E-state index is 11.5. The largest absolute Gasteiger partial charge is 0.461 e. The number of unbranched alkanes of at least 4 members (excludes halogenated alkanes) is 2. The summed E-state index contributed by atoms with van der Waals surface area (Å²) < 4.78 is 5.63. The van der Waals surface area contributed by atoms with Crippen LogP contribution in [0, 0.1) is 11.8 Å². The predicted molar refractivity (Wildman–Crippen MR) is 109 cm³/mol. The molecule has 1 aliphatic heterocycles. The Labute approximate surface area is 171 Å². The fourth-order valence-electron chi connectivity index (χ4n) is 4.47. The molecule has 152 valence electrons. The molecule has 1 heterocycles. The number of carbonyl (C=O) groups is 1. The van der Waals surface area contributed by atoms with Crippen molar-refractivity contribution >= 4 is 28.6 Å². The lowest BCUT2D eigenvalue weighted by atomic mass is 9.84. The number of ether oxygens (including phenoxy) is 1. The van der Waals surface area contributed by atoms with Gasteiger partial charge in [0.1, 0.15) is 6.10 Å². The van der Waals surface area contributed by atoms with E-state index in [2.05, 4.69) is 29.5 Å². The number of aliphatic hydroxyl groups excluding tert-OH is 3. The van der Waals surface area contributed by atoms with Crippen LogP contribution in [0.3, 0.4) is 0 Å². The highest BCUT2D eigenvalue weighted by Gasteiger charge is 2.43. The van der Waals surface area contributed by atoms with Gasteiger partial charge in [0.2, 0.25) is 0 Å². The molecule has 6 heteroatoms. The van der Waals surface area contributed by atoms with Crippen LogP contribution < -0.4 is 0 Å². The Balaban J connectivity index is 1.85. The van der Waals surface area contributed by atoms with Gasteiger partial charge in [0.15, 0.2) is 0 Å². The van der Waals surface area contributed by atoms with Gasteiger partial charge in [0.25, 0.3) is 0 Å². The minimum atomic E-state index is -0.510. The fourth-order valence-corrected chi connectivity index (χ4v) is 5.56. The monoisotopic (exact) mass is 482 g/mol. The molecule has 0 aromatic rings. The Bertz CT molecular complexity index is 432. The average Bonchev–Trinajstić information content (AvgIpc) is 2.86. The molecule has 2 fully saturated rings. The highest BCUT2D eigenvalue weighted by atomic mass is 127. The van der Waals surface area contributed by atoms with Crippen molar-refractivity contribution in [3.05, 3.63) is 0 Å². The molecule has 0 bridgehead atoms. The van der Waals surface area contributed by atoms with Crippen LogP contribution in [0.15, 0.2) is 0 Å². The number of aliphatic hydroxyl groups is 3. The Morgan fingerprint density at radius 2 is 1.92 bits per heavy atom. The fraction of sp³-hybridized carbons (Fsp3) is 0.950. The van der Waals surface area contributed by atoms with Crippen LogP contribution in [0.5, 0.6) is 0 Å². The number of halogens is 1. The van der Waals surface area contributed by atoms with Crippen molar-refractivity contribution in [3.8, 4) is 0 Å². The van der Waals surface area contributed by atoms with E-state index in [1.807, 2.05) is 0 Å². The van der Waals surface area contributed by atoms with Gasteiger partial charge in [0, 0.05) is 10.3 Å². The van der Waals surface area contributed by atoms with Gasteiger partial charge in [-0.15, -0.1) is 0 Å². The SMILES string of the molecule is CCCCC[C@H](O)CC[C@@H]1[C@@H](CC(I)C2CCCC(=O)O2)[C@@H](O)C[C@H]1O. The molecule has 2 aliphatic rings. The number of hydrogen-bond donors (Lipinski definition) is 3. The van der Waals surface area contributed by atoms with Crippen molar-refractivity contribution < 1.29 is 24.9 Å². The first-order valence-corrected chi connectivity index (χ1v) is 11.5. The third-order valence-electron chi connectivity index (χ3n) is 6.05. The van der Waals surface area contributed by atoms with Gasteiger partial charge in [0.05, 0.1) is 18.3 Å². The number of esters is 1. The van der Waals surface area contributed by atoms with Crippen LogP contribution in [0.4, 0.5) is 0 Å². The van der Waals surface area contributed by atoms with Crippen LogP contribution in [0.2, 0.25) is 0 Å². The third-order valence-corrected chi connectivity index (χ3v) is 7.36. The Hall–Kier alpha value is 0.0800. The first-order valence-electron chi connectivity index (χ1n) is 10.3. The summed E-state index contributed by atoms with van der Waals surface area (Å²) in [5.41, 5.74) is 0. The van der Waals surface area contributed by atoms with Gasteiger partial charge in [-0.25, -0.2) is 0 Å². The molecule has 1 saturated carbocycles. The van der Waals surface area contributed by atoms with Crippen LogP contribution in [-0.2, 0) is 9.53 Å². The van der Waals surface area contributed by atoms with E-state index in [1.54, 1.807) is 0 Å². The quantitative estimate of drug-likeness (QED) is 0.193. The zero-order valence-electron chi connectivity index (χ0n) is 15.9. The summed E-state index contributed by atoms with van der Waals surface area (Å²) in [7, 11) is 0. The molecule has 3 N–H and O–H groups in total. The van der Waals surface area contributed by atoms with Crippen molar-refractivity contribution in [2.75, 3.05) is 0 Å². The minimum Gasteiger partial charge on any atom is -0.461 e. The van der Waals surface area contributed by atoms with Crippen molar-refractivity contribution in [2.45, 2.75) is 106 Å². The molecule has 7 atom stereocenters. The van der Waals surface area contributed by atoms with Crippen LogP contribution >= 0.6 is 22.6 Å². The van der Waals surface area contributed by atoms with E-state index < -0.39 is 12.2 Å². The maximum atomic E-state index is 11.5. The number of carbonyl (C=O) groups excluding carboxylic acids is 1. The van der Waals surface area contributed by atoms with E-state index >= 15 is 0 Å². The molecule has 2 unspecified atom stereocenters. The van der Waals surface area contributed by atoms with E-state index in [9.17, 15) is 20.1 Å². The average molecular weight is 482 g/mol. The maximum Gasteiger partial charge on any atom is 0.306 e. The lowest BCUT2D eigenvalue weighted by Crippen LogP contribution is -2.35. The number of hydrogen-bond acceptors (Lipinski definition) is 5. The minimum absolute atomic E-state index is 0.00960. The highest BCUT2D eigenvalue weighted by molar-refractivity contribution is 14.1. The lowest BCUT2D eigenvalue weighted by Gasteiger charge is -2.31. The Morgan fingerprint density at radius 3 is 2.62 bits per heavy atom. The van der Waals surface area contributed by atoms with E-state index in [1.165, 1.54) is 0 Å². The van der Waals surface area contributed by atoms with E-state index in [4.69, 9.17) is 4.74 Å². The third kappa shape index (κ3) is 6.60. The molecular formula is C20H35IO5. The van der Waals surface area contributed by atoms with Gasteiger partial charge in [-0.1, -0.05) is 48.8 Å². The summed E-state index contributed by atoms with van der Waals surface area (Å²) in [5, 5.41) is 31.0. The second kappa shape index (κ2) is 11.2. The summed E-state index contributed by atoms with van der Waals surface area (Å²) in [6, 6.07) is 0. The predicted octanol–water partition coefficient (Wildman–Crippen LogP) is 3.36. The molecule has 0 spiro atoms. The first kappa shape index (κ1) is 22.4. The summed E-state index contributed by atoms with van der Waals surface area (Å²) in [4.78, 5) is 11.5. The number of alkyl halides is 1. The van der Waals surface area contributed by atoms with Gasteiger partial charge in [-0.3, -0.25) is 4.79 Å². The molecule has 2 rings (SSSR count). The normalized spacial score (nSPS) is 34.5. The second-order valence-electron chi connectivity index (χ2n) is 8.10. The van der Waals surface area contributed by atoms with E-state index in [0.29, 0.717) is 19.3 Å². The summed E-state index contributed by atoms with van der Waals surface area (Å²) in [5.74, 6) is -0.0978. The number of cyclic esters (lactones) is 1. The molecular weight excluding hydrogens is 447 g/mol. The van der Waals surface area contributed by atoms with E-state index in [0.717, 1.165) is 51.4 Å². The molecule has 0 amide bonds. The standard InChI is InChI=1S/C20H35IO5/c1-2-3-4-6-13(22)9-10-14-15(18(24)12-17(14)23)11-16(21)19-7-5-8-20(25)26-19/h13-19,22-24H,2-12H2,1H3/t13-,14+,15+,16?,17+,18-,19?/m0/s1. The van der Waals surface area contributed by atoms with Gasteiger partial charge in [-0.2, -0.15) is 0 Å². The second-order valence-corrected chi connectivity index (χ2v) is 9.70. The number of rotatable bonds is 10. The molecule has 0 aromatic carbocycles. The van der Waals surface area contributed by atoms with Gasteiger partial charge >= 0.3 is 5.97 Å². The molecule has 1 aliphatic carbocycles. The summed E-state index contributed by atoms with van der Waals surface area (Å²) in [6.07, 6.45) is 7.55. The van der Waals surface area contributed by atoms with Crippen LogP contribution in [0.1, 0.15) is 77.6 Å². The van der Waals surface area contributed by atoms with Crippen molar-refractivity contribution in [1.82, 2.24) is 0 Å². The zero-order chi connectivity index (χ0) is 19.1.